The largest absolute Gasteiger partial charge is 0.383 e. The zero-order chi connectivity index (χ0) is 26.2. The number of nitrogens with one attached hydrogen (secondary N) is 1. The molecule has 0 bridgehead atoms. The zero-order valence-electron chi connectivity index (χ0n) is 20.6. The molecule has 0 aliphatic rings. The summed E-state index contributed by atoms with van der Waals surface area (Å²) in [4.78, 5) is 27.7. The number of anilines is 1. The fourth-order valence-electron chi connectivity index (χ4n) is 4.37. The van der Waals surface area contributed by atoms with E-state index in [1.807, 2.05) is 72.4 Å². The predicted octanol–water partition coefficient (Wildman–Crippen LogP) is 4.21. The molecule has 1 atom stereocenters. The molecular weight excluding hydrogens is 496 g/mol. The molecule has 0 aliphatic heterocycles. The molecule has 5 heterocycles. The average Bonchev–Trinajstić information content (AvgIpc) is 3.63. The number of carbonyl (C=O) groups excluding carboxylic acids is 1. The molecule has 186 valence electrons. The van der Waals surface area contributed by atoms with Crippen molar-refractivity contribution in [3.8, 4) is 23.1 Å². The van der Waals surface area contributed by atoms with E-state index in [0.29, 0.717) is 11.2 Å². The van der Waals surface area contributed by atoms with E-state index in [1.165, 1.54) is 11.3 Å². The van der Waals surface area contributed by atoms with E-state index in [9.17, 15) is 4.79 Å². The highest BCUT2D eigenvalue weighted by Crippen LogP contribution is 2.33. The van der Waals surface area contributed by atoms with Crippen molar-refractivity contribution in [1.29, 1.82) is 0 Å². The van der Waals surface area contributed by atoms with E-state index in [-0.39, 0.29) is 17.3 Å². The first-order valence-electron chi connectivity index (χ1n) is 11.9. The Balaban J connectivity index is 1.43. The first-order chi connectivity index (χ1) is 18.5. The third-order valence-corrected chi connectivity index (χ3v) is 6.96. The number of imidazole rings is 1. The number of aryl methyl sites for hydroxylation is 1. The van der Waals surface area contributed by atoms with Gasteiger partial charge in [0.1, 0.15) is 22.8 Å². The van der Waals surface area contributed by atoms with E-state index in [2.05, 4.69) is 32.2 Å². The average molecular weight is 519 g/mol. The Bertz CT molecular complexity index is 1870. The lowest BCUT2D eigenvalue weighted by Crippen LogP contribution is -2.28. The Morgan fingerprint density at radius 3 is 2.74 bits per heavy atom. The van der Waals surface area contributed by atoms with Crippen molar-refractivity contribution in [2.24, 2.45) is 7.05 Å². The van der Waals surface area contributed by atoms with Gasteiger partial charge < -0.3 is 11.1 Å². The molecule has 1 amide bonds. The van der Waals surface area contributed by atoms with Gasteiger partial charge >= 0.3 is 0 Å². The second-order valence-corrected chi connectivity index (χ2v) is 9.57. The van der Waals surface area contributed by atoms with Crippen LogP contribution in [0.25, 0.3) is 27.1 Å². The number of fused-ring (bicyclic) bond motifs is 2. The van der Waals surface area contributed by atoms with Gasteiger partial charge in [0, 0.05) is 42.0 Å². The molecular formula is C28H22N8OS. The summed E-state index contributed by atoms with van der Waals surface area (Å²) < 4.78 is 3.75. The first kappa shape index (κ1) is 23.4. The van der Waals surface area contributed by atoms with Crippen molar-refractivity contribution >= 4 is 38.9 Å². The van der Waals surface area contributed by atoms with Crippen molar-refractivity contribution in [2.45, 2.75) is 13.0 Å². The monoisotopic (exact) mass is 518 g/mol. The number of rotatable bonds is 4. The minimum Gasteiger partial charge on any atom is -0.383 e. The van der Waals surface area contributed by atoms with E-state index in [1.54, 1.807) is 23.1 Å². The summed E-state index contributed by atoms with van der Waals surface area (Å²) in [5.74, 6) is 6.14. The van der Waals surface area contributed by atoms with Crippen molar-refractivity contribution in [2.75, 3.05) is 5.73 Å². The Kier molecular flexibility index (Phi) is 5.82. The van der Waals surface area contributed by atoms with Crippen molar-refractivity contribution < 1.29 is 4.79 Å². The third kappa shape index (κ3) is 4.15. The number of benzene rings is 1. The summed E-state index contributed by atoms with van der Waals surface area (Å²) in [6.45, 7) is 1.90. The second kappa shape index (κ2) is 9.46. The normalized spacial score (nSPS) is 11.8. The standard InChI is InChI=1S/C28H22N8OS/c1-17(32-27(37)22-24-19(9-6-13-30-24)15-31-26(22)29)23-25(18-7-4-3-5-8-18)36-21(16-38-28(36)33-23)11-10-20-12-14-35(2)34-20/h3-9,12-17H,1-2H3,(H2,29,31)(H,32,37)/t17-/m1/s1. The van der Waals surface area contributed by atoms with Gasteiger partial charge in [-0.15, -0.1) is 11.3 Å². The molecule has 0 radical (unpaired) electrons. The maximum absolute atomic E-state index is 13.5. The van der Waals surface area contributed by atoms with Crippen LogP contribution in [0.5, 0.6) is 0 Å². The molecule has 9 nitrogen and oxygen atoms in total. The van der Waals surface area contributed by atoms with Gasteiger partial charge in [0.25, 0.3) is 5.91 Å². The molecule has 3 N–H and O–H groups in total. The van der Waals surface area contributed by atoms with Crippen molar-refractivity contribution in [3.05, 3.63) is 95.1 Å². The van der Waals surface area contributed by atoms with E-state index < -0.39 is 6.04 Å². The van der Waals surface area contributed by atoms with Crippen LogP contribution < -0.4 is 11.1 Å². The SMILES string of the molecule is C[C@@H](NC(=O)c1c(N)ncc2cccnc12)c1nc2scc(C#Cc3ccn(C)n3)n2c1-c1ccccc1. The summed E-state index contributed by atoms with van der Waals surface area (Å²) in [7, 11) is 1.86. The molecule has 6 rings (SSSR count). The van der Waals surface area contributed by atoms with Crippen LogP contribution in [0, 0.1) is 11.8 Å². The Labute approximate surface area is 222 Å². The molecule has 0 saturated carbocycles. The van der Waals surface area contributed by atoms with Gasteiger partial charge in [-0.2, -0.15) is 5.10 Å². The maximum atomic E-state index is 13.5. The lowest BCUT2D eigenvalue weighted by Gasteiger charge is -2.16. The summed E-state index contributed by atoms with van der Waals surface area (Å²) in [5.41, 5.74) is 10.9. The lowest BCUT2D eigenvalue weighted by atomic mass is 10.1. The minimum absolute atomic E-state index is 0.127. The quantitative estimate of drug-likeness (QED) is 0.338. The summed E-state index contributed by atoms with van der Waals surface area (Å²) in [5, 5.41) is 10.1. The fourth-order valence-corrected chi connectivity index (χ4v) is 5.19. The van der Waals surface area contributed by atoms with Crippen LogP contribution in [0.2, 0.25) is 0 Å². The highest BCUT2D eigenvalue weighted by molar-refractivity contribution is 7.15. The molecule has 5 aromatic heterocycles. The molecule has 0 fully saturated rings. The molecule has 6 aromatic rings. The van der Waals surface area contributed by atoms with Gasteiger partial charge in [-0.05, 0) is 37.0 Å². The van der Waals surface area contributed by atoms with E-state index >= 15 is 0 Å². The second-order valence-electron chi connectivity index (χ2n) is 8.73. The highest BCUT2D eigenvalue weighted by Gasteiger charge is 2.25. The van der Waals surface area contributed by atoms with Crippen LogP contribution >= 0.6 is 11.3 Å². The molecule has 38 heavy (non-hydrogen) atoms. The smallest absolute Gasteiger partial charge is 0.257 e. The minimum atomic E-state index is -0.445. The summed E-state index contributed by atoms with van der Waals surface area (Å²) in [6.07, 6.45) is 5.10. The van der Waals surface area contributed by atoms with Crippen LogP contribution in [-0.2, 0) is 7.05 Å². The summed E-state index contributed by atoms with van der Waals surface area (Å²) in [6, 6.07) is 15.0. The van der Waals surface area contributed by atoms with Crippen LogP contribution in [0.4, 0.5) is 5.82 Å². The van der Waals surface area contributed by atoms with Crippen LogP contribution in [0.1, 0.15) is 40.4 Å². The van der Waals surface area contributed by atoms with E-state index in [4.69, 9.17) is 10.7 Å². The molecule has 0 saturated heterocycles. The number of amides is 1. The number of hydrogen-bond donors (Lipinski definition) is 2. The van der Waals surface area contributed by atoms with Gasteiger partial charge in [0.2, 0.25) is 0 Å². The van der Waals surface area contributed by atoms with Gasteiger partial charge in [-0.1, -0.05) is 30.3 Å². The number of aromatic nitrogens is 6. The molecule has 0 aliphatic carbocycles. The Morgan fingerprint density at radius 1 is 1.11 bits per heavy atom. The Hall–Kier alpha value is -5.01. The third-order valence-electron chi connectivity index (χ3n) is 6.13. The first-order valence-corrected chi connectivity index (χ1v) is 12.7. The topological polar surface area (TPSA) is 116 Å². The van der Waals surface area contributed by atoms with Crippen LogP contribution in [-0.4, -0.2) is 35.0 Å². The molecule has 0 spiro atoms. The molecule has 0 unspecified atom stereocenters. The number of thiazole rings is 1. The van der Waals surface area contributed by atoms with Crippen molar-refractivity contribution in [3.63, 3.8) is 0 Å². The number of pyridine rings is 2. The highest BCUT2D eigenvalue weighted by atomic mass is 32.1. The maximum Gasteiger partial charge on any atom is 0.257 e. The van der Waals surface area contributed by atoms with Crippen molar-refractivity contribution in [1.82, 2.24) is 34.4 Å². The van der Waals surface area contributed by atoms with Gasteiger partial charge in [-0.3, -0.25) is 18.9 Å². The van der Waals surface area contributed by atoms with E-state index in [0.717, 1.165) is 33.0 Å². The zero-order valence-corrected chi connectivity index (χ0v) is 21.4. The number of nitrogens with zero attached hydrogens (tertiary/aromatic N) is 6. The van der Waals surface area contributed by atoms with Crippen LogP contribution in [0.3, 0.4) is 0 Å². The molecule has 10 heteroatoms. The molecule has 1 aromatic carbocycles. The predicted molar refractivity (Wildman–Crippen MR) is 148 cm³/mol. The number of carbonyl (C=O) groups is 1. The summed E-state index contributed by atoms with van der Waals surface area (Å²) >= 11 is 1.49. The number of hydrogen-bond acceptors (Lipinski definition) is 7. The fraction of sp³-hybridized carbons (Fsp3) is 0.107. The van der Waals surface area contributed by atoms with Crippen LogP contribution in [0.15, 0.2) is 72.5 Å². The number of nitrogens with two attached hydrogens (primary N) is 1. The number of nitrogen functional groups attached to an aromatic ring is 1. The lowest BCUT2D eigenvalue weighted by molar-refractivity contribution is 0.0941. The van der Waals surface area contributed by atoms with Gasteiger partial charge in [0.15, 0.2) is 4.96 Å². The Morgan fingerprint density at radius 2 is 1.95 bits per heavy atom. The van der Waals surface area contributed by atoms with Gasteiger partial charge in [0.05, 0.1) is 22.9 Å². The van der Waals surface area contributed by atoms with Gasteiger partial charge in [-0.25, -0.2) is 9.97 Å².